The van der Waals surface area contributed by atoms with Crippen LogP contribution in [-0.4, -0.2) is 39.9 Å². The number of benzene rings is 2. The molecule has 0 spiro atoms. The Hall–Kier alpha value is -3.48. The van der Waals surface area contributed by atoms with Gasteiger partial charge in [-0.3, -0.25) is 9.59 Å². The SMILES string of the molecule is CCN(CC)C(=O)c1ccc(NC(=O)CCc2nc(-c3ccccc3)no2)cc1. The third kappa shape index (κ3) is 5.28. The summed E-state index contributed by atoms with van der Waals surface area (Å²) in [5.41, 5.74) is 2.11. The van der Waals surface area contributed by atoms with E-state index < -0.39 is 0 Å². The van der Waals surface area contributed by atoms with Gasteiger partial charge in [0.2, 0.25) is 17.6 Å². The average Bonchev–Trinajstić information content (AvgIpc) is 3.23. The first kappa shape index (κ1) is 20.3. The molecular formula is C22H24N4O3. The van der Waals surface area contributed by atoms with Crippen LogP contribution < -0.4 is 5.32 Å². The molecule has 0 saturated heterocycles. The molecule has 2 amide bonds. The van der Waals surface area contributed by atoms with Crippen LogP contribution in [0.5, 0.6) is 0 Å². The van der Waals surface area contributed by atoms with Gasteiger partial charge in [0, 0.05) is 42.7 Å². The second-order valence-electron chi connectivity index (χ2n) is 6.48. The number of aryl methyl sites for hydroxylation is 1. The van der Waals surface area contributed by atoms with Gasteiger partial charge < -0.3 is 14.7 Å². The third-order valence-electron chi connectivity index (χ3n) is 4.53. The Morgan fingerprint density at radius 3 is 2.34 bits per heavy atom. The van der Waals surface area contributed by atoms with Gasteiger partial charge in [-0.1, -0.05) is 35.5 Å². The Morgan fingerprint density at radius 2 is 1.69 bits per heavy atom. The maximum absolute atomic E-state index is 12.3. The van der Waals surface area contributed by atoms with Crippen LogP contribution >= 0.6 is 0 Å². The second kappa shape index (κ2) is 9.64. The number of carbonyl (C=O) groups is 2. The summed E-state index contributed by atoms with van der Waals surface area (Å²) in [5.74, 6) is 0.749. The highest BCUT2D eigenvalue weighted by Crippen LogP contribution is 2.16. The predicted molar refractivity (Wildman–Crippen MR) is 110 cm³/mol. The molecule has 0 unspecified atom stereocenters. The first-order valence-electron chi connectivity index (χ1n) is 9.68. The second-order valence-corrected chi connectivity index (χ2v) is 6.48. The van der Waals surface area contributed by atoms with Crippen LogP contribution in [0.3, 0.4) is 0 Å². The maximum Gasteiger partial charge on any atom is 0.253 e. The lowest BCUT2D eigenvalue weighted by Gasteiger charge is -2.18. The number of aromatic nitrogens is 2. The molecule has 1 heterocycles. The molecule has 0 radical (unpaired) electrons. The van der Waals surface area contributed by atoms with Gasteiger partial charge in [0.05, 0.1) is 0 Å². The molecule has 0 saturated carbocycles. The minimum atomic E-state index is -0.160. The highest BCUT2D eigenvalue weighted by molar-refractivity contribution is 5.95. The van der Waals surface area contributed by atoms with Gasteiger partial charge in [0.1, 0.15) is 0 Å². The fourth-order valence-electron chi connectivity index (χ4n) is 2.89. The lowest BCUT2D eigenvalue weighted by Crippen LogP contribution is -2.30. The van der Waals surface area contributed by atoms with Crippen LogP contribution in [0.15, 0.2) is 59.1 Å². The van der Waals surface area contributed by atoms with Crippen molar-refractivity contribution in [2.45, 2.75) is 26.7 Å². The summed E-state index contributed by atoms with van der Waals surface area (Å²) in [6, 6.07) is 16.4. The number of amides is 2. The van der Waals surface area contributed by atoms with Crippen LogP contribution in [-0.2, 0) is 11.2 Å². The normalized spacial score (nSPS) is 10.6. The number of carbonyl (C=O) groups excluding carboxylic acids is 2. The van der Waals surface area contributed by atoms with Crippen molar-refractivity contribution in [3.8, 4) is 11.4 Å². The summed E-state index contributed by atoms with van der Waals surface area (Å²) in [6.07, 6.45) is 0.570. The quantitative estimate of drug-likeness (QED) is 0.630. The molecule has 0 aliphatic rings. The van der Waals surface area contributed by atoms with Crippen LogP contribution in [0.25, 0.3) is 11.4 Å². The molecule has 1 N–H and O–H groups in total. The van der Waals surface area contributed by atoms with Gasteiger partial charge in [-0.25, -0.2) is 0 Å². The lowest BCUT2D eigenvalue weighted by atomic mass is 10.1. The number of nitrogens with one attached hydrogen (secondary N) is 1. The lowest BCUT2D eigenvalue weighted by molar-refractivity contribution is -0.116. The van der Waals surface area contributed by atoms with Crippen LogP contribution in [0.1, 0.15) is 36.5 Å². The van der Waals surface area contributed by atoms with E-state index in [-0.39, 0.29) is 18.2 Å². The summed E-state index contributed by atoms with van der Waals surface area (Å²) >= 11 is 0. The van der Waals surface area contributed by atoms with E-state index >= 15 is 0 Å². The molecule has 0 atom stereocenters. The number of anilines is 1. The zero-order valence-electron chi connectivity index (χ0n) is 16.6. The van der Waals surface area contributed by atoms with E-state index in [9.17, 15) is 9.59 Å². The highest BCUT2D eigenvalue weighted by atomic mass is 16.5. The Balaban J connectivity index is 1.52. The molecule has 150 valence electrons. The molecule has 0 aliphatic heterocycles. The van der Waals surface area contributed by atoms with E-state index in [1.54, 1.807) is 29.2 Å². The zero-order chi connectivity index (χ0) is 20.6. The van der Waals surface area contributed by atoms with Gasteiger partial charge in [-0.15, -0.1) is 0 Å². The number of nitrogens with zero attached hydrogens (tertiary/aromatic N) is 3. The first-order valence-corrected chi connectivity index (χ1v) is 9.68. The average molecular weight is 392 g/mol. The molecule has 3 rings (SSSR count). The molecule has 0 fully saturated rings. The molecule has 0 aliphatic carbocycles. The standard InChI is InChI=1S/C22H24N4O3/c1-3-26(4-2)22(28)17-10-12-18(13-11-17)23-19(27)14-15-20-24-21(25-29-20)16-8-6-5-7-9-16/h5-13H,3-4,14-15H2,1-2H3,(H,23,27). The van der Waals surface area contributed by atoms with Gasteiger partial charge in [0.25, 0.3) is 5.91 Å². The molecular weight excluding hydrogens is 368 g/mol. The fourth-order valence-corrected chi connectivity index (χ4v) is 2.89. The topological polar surface area (TPSA) is 88.3 Å². The van der Waals surface area contributed by atoms with Crippen molar-refractivity contribution >= 4 is 17.5 Å². The van der Waals surface area contributed by atoms with Gasteiger partial charge in [0.15, 0.2) is 0 Å². The van der Waals surface area contributed by atoms with Crippen LogP contribution in [0, 0.1) is 0 Å². The molecule has 7 nitrogen and oxygen atoms in total. The van der Waals surface area contributed by atoms with E-state index in [0.717, 1.165) is 5.56 Å². The van der Waals surface area contributed by atoms with Crippen molar-refractivity contribution in [2.75, 3.05) is 18.4 Å². The minimum absolute atomic E-state index is 0.0153. The monoisotopic (exact) mass is 392 g/mol. The fraction of sp³-hybridized carbons (Fsp3) is 0.273. The van der Waals surface area contributed by atoms with Gasteiger partial charge >= 0.3 is 0 Å². The van der Waals surface area contributed by atoms with Crippen molar-refractivity contribution in [3.05, 3.63) is 66.1 Å². The Kier molecular flexibility index (Phi) is 6.73. The minimum Gasteiger partial charge on any atom is -0.339 e. The van der Waals surface area contributed by atoms with Crippen molar-refractivity contribution in [3.63, 3.8) is 0 Å². The van der Waals surface area contributed by atoms with Crippen molar-refractivity contribution < 1.29 is 14.1 Å². The Morgan fingerprint density at radius 1 is 1.00 bits per heavy atom. The van der Waals surface area contributed by atoms with E-state index in [1.807, 2.05) is 44.2 Å². The molecule has 0 bridgehead atoms. The first-order chi connectivity index (χ1) is 14.1. The molecule has 29 heavy (non-hydrogen) atoms. The number of hydrogen-bond acceptors (Lipinski definition) is 5. The largest absolute Gasteiger partial charge is 0.339 e. The Bertz CT molecular complexity index is 948. The predicted octanol–water partition coefficient (Wildman–Crippen LogP) is 3.79. The number of rotatable bonds is 8. The Labute approximate surface area is 169 Å². The third-order valence-corrected chi connectivity index (χ3v) is 4.53. The van der Waals surface area contributed by atoms with E-state index in [4.69, 9.17) is 4.52 Å². The smallest absolute Gasteiger partial charge is 0.253 e. The maximum atomic E-state index is 12.3. The number of hydrogen-bond donors (Lipinski definition) is 1. The van der Waals surface area contributed by atoms with Crippen molar-refractivity contribution in [1.29, 1.82) is 0 Å². The summed E-state index contributed by atoms with van der Waals surface area (Å²) in [6.45, 7) is 5.22. The summed E-state index contributed by atoms with van der Waals surface area (Å²) in [5, 5.41) is 6.77. The summed E-state index contributed by atoms with van der Waals surface area (Å²) in [7, 11) is 0. The molecule has 1 aromatic heterocycles. The van der Waals surface area contributed by atoms with Crippen LogP contribution in [0.4, 0.5) is 5.69 Å². The van der Waals surface area contributed by atoms with Crippen molar-refractivity contribution in [2.24, 2.45) is 0 Å². The molecule has 3 aromatic rings. The van der Waals surface area contributed by atoms with Crippen LogP contribution in [0.2, 0.25) is 0 Å². The summed E-state index contributed by atoms with van der Waals surface area (Å²) in [4.78, 5) is 30.6. The highest BCUT2D eigenvalue weighted by Gasteiger charge is 2.13. The molecule has 2 aromatic carbocycles. The van der Waals surface area contributed by atoms with E-state index in [0.29, 0.717) is 42.5 Å². The van der Waals surface area contributed by atoms with Gasteiger partial charge in [-0.05, 0) is 38.1 Å². The van der Waals surface area contributed by atoms with Gasteiger partial charge in [-0.2, -0.15) is 4.98 Å². The van der Waals surface area contributed by atoms with Crippen molar-refractivity contribution in [1.82, 2.24) is 15.0 Å². The van der Waals surface area contributed by atoms with E-state index in [2.05, 4.69) is 15.5 Å². The molecule has 7 heteroatoms. The summed E-state index contributed by atoms with van der Waals surface area (Å²) < 4.78 is 5.22. The zero-order valence-corrected chi connectivity index (χ0v) is 16.6. The van der Waals surface area contributed by atoms with E-state index in [1.165, 1.54) is 0 Å².